The minimum absolute atomic E-state index is 0.782. The predicted octanol–water partition coefficient (Wildman–Crippen LogP) is 5.72. The Kier molecular flexibility index (Phi) is 5.85. The number of aliphatic imine (C=N–C) groups is 1. The van der Waals surface area contributed by atoms with E-state index in [9.17, 15) is 0 Å². The first-order valence-corrected chi connectivity index (χ1v) is 7.96. The summed E-state index contributed by atoms with van der Waals surface area (Å²) in [6.45, 7) is 17.6. The van der Waals surface area contributed by atoms with Gasteiger partial charge in [0, 0.05) is 35.8 Å². The van der Waals surface area contributed by atoms with Crippen molar-refractivity contribution in [3.8, 4) is 11.1 Å². The van der Waals surface area contributed by atoms with Crippen LogP contribution in [0.15, 0.2) is 79.1 Å². The van der Waals surface area contributed by atoms with Gasteiger partial charge in [-0.25, -0.2) is 0 Å². The number of hydrogen-bond donors (Lipinski definition) is 0. The van der Waals surface area contributed by atoms with Crippen LogP contribution >= 0.6 is 0 Å². The Morgan fingerprint density at radius 3 is 2.44 bits per heavy atom. The van der Waals surface area contributed by atoms with E-state index < -0.39 is 0 Å². The van der Waals surface area contributed by atoms with E-state index in [1.165, 1.54) is 0 Å². The smallest absolute Gasteiger partial charge is 0.0715 e. The van der Waals surface area contributed by atoms with Gasteiger partial charge < -0.3 is 4.90 Å². The molecule has 0 spiro atoms. The number of benzene rings is 1. The molecular formula is C22H23N3. The van der Waals surface area contributed by atoms with Crippen molar-refractivity contribution in [1.29, 1.82) is 0 Å². The topological polar surface area (TPSA) is 28.5 Å². The lowest BCUT2D eigenvalue weighted by atomic mass is 10.0. The van der Waals surface area contributed by atoms with Gasteiger partial charge in [-0.2, -0.15) is 0 Å². The number of rotatable bonds is 7. The Hall–Kier alpha value is -3.20. The third kappa shape index (κ3) is 4.01. The maximum absolute atomic E-state index is 4.37. The molecule has 0 radical (unpaired) electrons. The van der Waals surface area contributed by atoms with Gasteiger partial charge in [-0.05, 0) is 49.6 Å². The number of aromatic nitrogens is 1. The summed E-state index contributed by atoms with van der Waals surface area (Å²) >= 11 is 0. The van der Waals surface area contributed by atoms with Crippen LogP contribution in [0.4, 0.5) is 5.69 Å². The third-order valence-electron chi connectivity index (χ3n) is 4.00. The van der Waals surface area contributed by atoms with E-state index in [0.29, 0.717) is 0 Å². The molecule has 126 valence electrons. The molecule has 0 saturated heterocycles. The van der Waals surface area contributed by atoms with Gasteiger partial charge in [-0.15, -0.1) is 0 Å². The third-order valence-corrected chi connectivity index (χ3v) is 4.00. The number of pyridine rings is 1. The molecule has 0 saturated carbocycles. The first kappa shape index (κ1) is 18.1. The summed E-state index contributed by atoms with van der Waals surface area (Å²) in [5.41, 5.74) is 6.26. The maximum atomic E-state index is 4.37. The van der Waals surface area contributed by atoms with Crippen molar-refractivity contribution in [2.75, 3.05) is 7.05 Å². The molecule has 0 aliphatic rings. The van der Waals surface area contributed by atoms with E-state index in [1.807, 2.05) is 61.5 Å². The zero-order chi connectivity index (χ0) is 18.4. The Morgan fingerprint density at radius 1 is 1.16 bits per heavy atom. The van der Waals surface area contributed by atoms with Gasteiger partial charge in [0.1, 0.15) is 0 Å². The van der Waals surface area contributed by atoms with E-state index >= 15 is 0 Å². The number of likely N-dealkylation sites (N-methyl/N-ethyl adjacent to an activating group) is 1. The van der Waals surface area contributed by atoms with Crippen molar-refractivity contribution >= 4 is 24.2 Å². The monoisotopic (exact) mass is 329 g/mol. The summed E-state index contributed by atoms with van der Waals surface area (Å²) in [4.78, 5) is 10.4. The van der Waals surface area contributed by atoms with E-state index in [0.717, 1.165) is 39.5 Å². The average Bonchev–Trinajstić information content (AvgIpc) is 2.66. The number of nitrogens with zero attached hydrogens (tertiary/aromatic N) is 3. The summed E-state index contributed by atoms with van der Waals surface area (Å²) < 4.78 is 0. The van der Waals surface area contributed by atoms with Crippen LogP contribution in [-0.4, -0.2) is 23.6 Å². The highest BCUT2D eigenvalue weighted by Gasteiger charge is 2.12. The molecule has 0 bridgehead atoms. The van der Waals surface area contributed by atoms with Crippen molar-refractivity contribution < 1.29 is 0 Å². The Bertz CT molecular complexity index is 842. The van der Waals surface area contributed by atoms with Gasteiger partial charge in [-0.3, -0.25) is 9.98 Å². The molecule has 0 N–H and O–H groups in total. The van der Waals surface area contributed by atoms with E-state index in [-0.39, 0.29) is 0 Å². The maximum Gasteiger partial charge on any atom is 0.0715 e. The van der Waals surface area contributed by atoms with Crippen LogP contribution < -0.4 is 0 Å². The molecular weight excluding hydrogens is 306 g/mol. The molecule has 2 rings (SSSR count). The van der Waals surface area contributed by atoms with Gasteiger partial charge in [0.05, 0.1) is 11.4 Å². The fourth-order valence-electron chi connectivity index (χ4n) is 2.44. The van der Waals surface area contributed by atoms with Gasteiger partial charge in [0.2, 0.25) is 0 Å². The number of hydrogen-bond acceptors (Lipinski definition) is 3. The quantitative estimate of drug-likeness (QED) is 0.480. The molecule has 1 aromatic heterocycles. The van der Waals surface area contributed by atoms with Crippen LogP contribution in [-0.2, 0) is 0 Å². The van der Waals surface area contributed by atoms with Crippen molar-refractivity contribution in [3.05, 3.63) is 85.4 Å². The highest BCUT2D eigenvalue weighted by molar-refractivity contribution is 5.79. The molecule has 3 nitrogen and oxygen atoms in total. The lowest BCUT2D eigenvalue weighted by Crippen LogP contribution is -2.13. The SMILES string of the molecule is C=Cc1ccc(-c2ccc(N=C)c(C(=C)N(C)C(=C)/C=C\C)c2)cn1. The van der Waals surface area contributed by atoms with Crippen molar-refractivity contribution in [1.82, 2.24) is 9.88 Å². The second-order valence-electron chi connectivity index (χ2n) is 5.56. The summed E-state index contributed by atoms with van der Waals surface area (Å²) in [6.07, 6.45) is 7.45. The highest BCUT2D eigenvalue weighted by Crippen LogP contribution is 2.33. The summed E-state index contributed by atoms with van der Waals surface area (Å²) in [5, 5.41) is 0. The standard InChI is InChI=1S/C22H23N3/c1-7-9-16(3)25(6)17(4)21-14-18(11-13-22(21)23-5)19-10-12-20(8-2)24-15-19/h7-15H,2-5H2,1,6H3/b9-7-. The molecule has 25 heavy (non-hydrogen) atoms. The average molecular weight is 329 g/mol. The zero-order valence-electron chi connectivity index (χ0n) is 14.9. The number of allylic oxidation sites excluding steroid dienone is 2. The lowest BCUT2D eigenvalue weighted by molar-refractivity contribution is 0.621. The van der Waals surface area contributed by atoms with Gasteiger partial charge in [0.15, 0.2) is 0 Å². The van der Waals surface area contributed by atoms with Crippen molar-refractivity contribution in [2.24, 2.45) is 4.99 Å². The van der Waals surface area contributed by atoms with E-state index in [4.69, 9.17) is 0 Å². The lowest BCUT2D eigenvalue weighted by Gasteiger charge is -2.23. The van der Waals surface area contributed by atoms with Crippen LogP contribution in [0.25, 0.3) is 22.9 Å². The molecule has 0 aliphatic carbocycles. The van der Waals surface area contributed by atoms with Crippen molar-refractivity contribution in [2.45, 2.75) is 6.92 Å². The summed E-state index contributed by atoms with van der Waals surface area (Å²) in [5.74, 6) is 0. The largest absolute Gasteiger partial charge is 0.345 e. The molecule has 0 aliphatic heterocycles. The zero-order valence-corrected chi connectivity index (χ0v) is 14.9. The molecule has 0 atom stereocenters. The predicted molar refractivity (Wildman–Crippen MR) is 110 cm³/mol. The van der Waals surface area contributed by atoms with Gasteiger partial charge in [-0.1, -0.05) is 37.9 Å². The fraction of sp³-hybridized carbons (Fsp3) is 0.0909. The van der Waals surface area contributed by atoms with E-state index in [1.54, 1.807) is 6.08 Å². The van der Waals surface area contributed by atoms with Crippen LogP contribution in [0, 0.1) is 0 Å². The van der Waals surface area contributed by atoms with Gasteiger partial charge >= 0.3 is 0 Å². The second kappa shape index (κ2) is 8.06. The molecule has 0 unspecified atom stereocenters. The molecule has 2 aromatic rings. The normalized spacial score (nSPS) is 10.5. The fourth-order valence-corrected chi connectivity index (χ4v) is 2.44. The van der Waals surface area contributed by atoms with Crippen molar-refractivity contribution in [3.63, 3.8) is 0 Å². The minimum atomic E-state index is 0.782. The molecule has 1 aromatic carbocycles. The Labute approximate surface area is 150 Å². The molecule has 3 heteroatoms. The Morgan fingerprint density at radius 2 is 1.88 bits per heavy atom. The molecule has 0 amide bonds. The second-order valence-corrected chi connectivity index (χ2v) is 5.56. The molecule has 1 heterocycles. The van der Waals surface area contributed by atoms with Crippen LogP contribution in [0.1, 0.15) is 18.2 Å². The molecule has 0 fully saturated rings. The van der Waals surface area contributed by atoms with Gasteiger partial charge in [0.25, 0.3) is 0 Å². The summed E-state index contributed by atoms with van der Waals surface area (Å²) in [7, 11) is 1.94. The minimum Gasteiger partial charge on any atom is -0.345 e. The van der Waals surface area contributed by atoms with Crippen LogP contribution in [0.3, 0.4) is 0 Å². The Balaban J connectivity index is 2.45. The van der Waals surface area contributed by atoms with Crippen LogP contribution in [0.5, 0.6) is 0 Å². The van der Waals surface area contributed by atoms with Crippen LogP contribution in [0.2, 0.25) is 0 Å². The first-order chi connectivity index (χ1) is 12.0. The van der Waals surface area contributed by atoms with E-state index in [2.05, 4.69) is 42.5 Å². The summed E-state index contributed by atoms with van der Waals surface area (Å²) in [6, 6.07) is 9.96. The highest BCUT2D eigenvalue weighted by atomic mass is 15.1. The first-order valence-electron chi connectivity index (χ1n) is 7.96.